The zero-order valence-electron chi connectivity index (χ0n) is 11.2. The van der Waals surface area contributed by atoms with Gasteiger partial charge < -0.3 is 0 Å². The first-order valence-electron chi connectivity index (χ1n) is 6.21. The molecule has 1 unspecified atom stereocenters. The van der Waals surface area contributed by atoms with E-state index in [1.807, 2.05) is 0 Å². The highest BCUT2D eigenvalue weighted by molar-refractivity contribution is 7.91. The quantitative estimate of drug-likeness (QED) is 0.759. The zero-order valence-corrected chi connectivity index (χ0v) is 14.4. The minimum absolute atomic E-state index is 0.193. The third-order valence-electron chi connectivity index (χ3n) is 3.13. The Hall–Kier alpha value is 0.190. The SMILES string of the molecule is CCC(CC)C(Cl)CNS(=O)(=O)c1cc(C)c(Cl)s1. The Morgan fingerprint density at radius 2 is 1.95 bits per heavy atom. The van der Waals surface area contributed by atoms with Crippen LogP contribution in [-0.4, -0.2) is 20.3 Å². The van der Waals surface area contributed by atoms with Crippen molar-refractivity contribution >= 4 is 44.6 Å². The van der Waals surface area contributed by atoms with Gasteiger partial charge >= 0.3 is 0 Å². The minimum atomic E-state index is -3.51. The van der Waals surface area contributed by atoms with Gasteiger partial charge in [0.1, 0.15) is 4.21 Å². The number of halogens is 2. The number of rotatable bonds is 7. The van der Waals surface area contributed by atoms with E-state index < -0.39 is 10.0 Å². The number of thiophene rings is 1. The van der Waals surface area contributed by atoms with E-state index in [1.165, 1.54) is 0 Å². The molecule has 0 bridgehead atoms. The first-order valence-corrected chi connectivity index (χ1v) is 9.32. The van der Waals surface area contributed by atoms with Crippen molar-refractivity contribution in [1.29, 1.82) is 0 Å². The third-order valence-corrected chi connectivity index (χ3v) is 7.09. The monoisotopic (exact) mass is 343 g/mol. The number of hydrogen-bond donors (Lipinski definition) is 1. The molecule has 0 aromatic carbocycles. The van der Waals surface area contributed by atoms with Gasteiger partial charge in [-0.25, -0.2) is 13.1 Å². The van der Waals surface area contributed by atoms with E-state index in [0.29, 0.717) is 10.3 Å². The second kappa shape index (κ2) is 7.27. The summed E-state index contributed by atoms with van der Waals surface area (Å²) in [6, 6.07) is 1.58. The van der Waals surface area contributed by atoms with E-state index in [0.717, 1.165) is 29.7 Å². The maximum absolute atomic E-state index is 12.1. The summed E-state index contributed by atoms with van der Waals surface area (Å²) in [5, 5.41) is -0.193. The molecule has 0 aliphatic carbocycles. The molecule has 0 aliphatic rings. The van der Waals surface area contributed by atoms with Crippen LogP contribution in [-0.2, 0) is 10.0 Å². The summed E-state index contributed by atoms with van der Waals surface area (Å²) in [5.41, 5.74) is 0.773. The highest BCUT2D eigenvalue weighted by Gasteiger charge is 2.22. The Bertz CT molecular complexity index is 490. The number of aryl methyl sites for hydroxylation is 1. The molecule has 0 fully saturated rings. The molecule has 0 saturated heterocycles. The number of sulfonamides is 1. The summed E-state index contributed by atoms with van der Waals surface area (Å²) in [6.45, 7) is 6.14. The van der Waals surface area contributed by atoms with Crippen LogP contribution in [0.25, 0.3) is 0 Å². The molecule has 1 heterocycles. The topological polar surface area (TPSA) is 46.2 Å². The van der Waals surface area contributed by atoms with Crippen LogP contribution >= 0.6 is 34.5 Å². The molecule has 1 aromatic heterocycles. The van der Waals surface area contributed by atoms with E-state index in [-0.39, 0.29) is 16.1 Å². The van der Waals surface area contributed by atoms with E-state index in [1.54, 1.807) is 13.0 Å². The number of nitrogens with one attached hydrogen (secondary N) is 1. The summed E-state index contributed by atoms with van der Waals surface area (Å²) >= 11 is 13.2. The fraction of sp³-hybridized carbons (Fsp3) is 0.667. The molecule has 0 radical (unpaired) electrons. The van der Waals surface area contributed by atoms with Crippen LogP contribution in [0.4, 0.5) is 0 Å². The molecule has 0 spiro atoms. The molecule has 110 valence electrons. The lowest BCUT2D eigenvalue weighted by Crippen LogP contribution is -2.32. The van der Waals surface area contributed by atoms with Crippen LogP contribution in [0, 0.1) is 12.8 Å². The van der Waals surface area contributed by atoms with Crippen molar-refractivity contribution < 1.29 is 8.42 Å². The average Bonchev–Trinajstić information content (AvgIpc) is 2.70. The Morgan fingerprint density at radius 1 is 1.37 bits per heavy atom. The van der Waals surface area contributed by atoms with Gasteiger partial charge in [0.15, 0.2) is 0 Å². The van der Waals surface area contributed by atoms with Gasteiger partial charge in [-0.05, 0) is 24.5 Å². The summed E-state index contributed by atoms with van der Waals surface area (Å²) in [5.74, 6) is 0.318. The molecule has 3 nitrogen and oxygen atoms in total. The van der Waals surface area contributed by atoms with Crippen LogP contribution in [0.2, 0.25) is 4.34 Å². The Labute approximate surface area is 129 Å². The maximum Gasteiger partial charge on any atom is 0.250 e. The summed E-state index contributed by atoms with van der Waals surface area (Å²) in [6.07, 6.45) is 1.88. The van der Waals surface area contributed by atoms with Gasteiger partial charge in [0.05, 0.1) is 4.34 Å². The molecule has 0 saturated carbocycles. The largest absolute Gasteiger partial charge is 0.250 e. The van der Waals surface area contributed by atoms with Crippen molar-refractivity contribution in [3.8, 4) is 0 Å². The van der Waals surface area contributed by atoms with Gasteiger partial charge in [-0.2, -0.15) is 0 Å². The molecule has 1 rings (SSSR count). The van der Waals surface area contributed by atoms with Gasteiger partial charge in [0.25, 0.3) is 0 Å². The second-order valence-electron chi connectivity index (χ2n) is 4.47. The average molecular weight is 344 g/mol. The third kappa shape index (κ3) is 4.60. The van der Waals surface area contributed by atoms with E-state index >= 15 is 0 Å². The summed E-state index contributed by atoms with van der Waals surface area (Å²) < 4.78 is 27.5. The lowest BCUT2D eigenvalue weighted by Gasteiger charge is -2.19. The van der Waals surface area contributed by atoms with Crippen molar-refractivity contribution in [2.45, 2.75) is 43.2 Å². The number of hydrogen-bond acceptors (Lipinski definition) is 3. The minimum Gasteiger partial charge on any atom is -0.209 e. The fourth-order valence-electron chi connectivity index (χ4n) is 1.79. The molecular weight excluding hydrogens is 325 g/mol. The first kappa shape index (κ1) is 17.2. The molecular formula is C12H19Cl2NO2S2. The molecule has 0 aliphatic heterocycles. The van der Waals surface area contributed by atoms with Crippen molar-refractivity contribution in [3.05, 3.63) is 16.0 Å². The standard InChI is InChI=1S/C12H19Cl2NO2S2/c1-4-9(5-2)10(13)7-15-19(16,17)11-6-8(3)12(14)18-11/h6,9-10,15H,4-5,7H2,1-3H3. The van der Waals surface area contributed by atoms with Gasteiger partial charge in [0, 0.05) is 11.9 Å². The summed E-state index contributed by atoms with van der Waals surface area (Å²) in [4.78, 5) is 0. The van der Waals surface area contributed by atoms with Crippen LogP contribution in [0.15, 0.2) is 10.3 Å². The maximum atomic E-state index is 12.1. The van der Waals surface area contributed by atoms with Gasteiger partial charge in [-0.3, -0.25) is 0 Å². The smallest absolute Gasteiger partial charge is 0.209 e. The van der Waals surface area contributed by atoms with Crippen molar-refractivity contribution in [3.63, 3.8) is 0 Å². The van der Waals surface area contributed by atoms with Crippen LogP contribution in [0.5, 0.6) is 0 Å². The Morgan fingerprint density at radius 3 is 2.37 bits per heavy atom. The highest BCUT2D eigenvalue weighted by atomic mass is 35.5. The van der Waals surface area contributed by atoms with E-state index in [4.69, 9.17) is 23.2 Å². The van der Waals surface area contributed by atoms with Crippen LogP contribution < -0.4 is 4.72 Å². The van der Waals surface area contributed by atoms with Crippen molar-refractivity contribution in [2.75, 3.05) is 6.54 Å². The zero-order chi connectivity index (χ0) is 14.6. The predicted molar refractivity (Wildman–Crippen MR) is 83.0 cm³/mol. The van der Waals surface area contributed by atoms with Crippen molar-refractivity contribution in [1.82, 2.24) is 4.72 Å². The van der Waals surface area contributed by atoms with Crippen LogP contribution in [0.3, 0.4) is 0 Å². The molecule has 0 amide bonds. The molecule has 19 heavy (non-hydrogen) atoms. The lowest BCUT2D eigenvalue weighted by atomic mass is 9.99. The Balaban J connectivity index is 2.71. The van der Waals surface area contributed by atoms with E-state index in [9.17, 15) is 8.42 Å². The van der Waals surface area contributed by atoms with Gasteiger partial charge in [-0.1, -0.05) is 38.3 Å². The lowest BCUT2D eigenvalue weighted by molar-refractivity contribution is 0.460. The number of alkyl halides is 1. The molecule has 1 atom stereocenters. The molecule has 7 heteroatoms. The summed E-state index contributed by atoms with van der Waals surface area (Å²) in [7, 11) is -3.51. The predicted octanol–water partition coefficient (Wildman–Crippen LogP) is 4.03. The van der Waals surface area contributed by atoms with E-state index in [2.05, 4.69) is 18.6 Å². The second-order valence-corrected chi connectivity index (χ2v) is 8.68. The molecule has 1 aromatic rings. The fourth-order valence-corrected chi connectivity index (χ4v) is 5.13. The molecule has 1 N–H and O–H groups in total. The normalized spacial score (nSPS) is 14.0. The van der Waals surface area contributed by atoms with Crippen LogP contribution in [0.1, 0.15) is 32.3 Å². The van der Waals surface area contributed by atoms with Gasteiger partial charge in [-0.15, -0.1) is 22.9 Å². The van der Waals surface area contributed by atoms with Gasteiger partial charge in [0.2, 0.25) is 10.0 Å². The Kier molecular flexibility index (Phi) is 6.60. The van der Waals surface area contributed by atoms with Crippen molar-refractivity contribution in [2.24, 2.45) is 5.92 Å². The first-order chi connectivity index (χ1) is 8.81. The highest BCUT2D eigenvalue weighted by Crippen LogP contribution is 2.30.